The molecule has 5 heteroatoms. The van der Waals surface area contributed by atoms with E-state index in [4.69, 9.17) is 15.9 Å². The molecule has 98 valence electrons. The minimum atomic E-state index is -0.313. The molecule has 2 rings (SSSR count). The van der Waals surface area contributed by atoms with Gasteiger partial charge in [-0.25, -0.2) is 9.37 Å². The summed E-state index contributed by atoms with van der Waals surface area (Å²) in [4.78, 5) is 4.21. The van der Waals surface area contributed by atoms with Crippen LogP contribution in [0.25, 0.3) is 0 Å². The number of nitrogens with one attached hydrogen (secondary N) is 1. The molecule has 0 bridgehead atoms. The van der Waals surface area contributed by atoms with E-state index in [1.54, 1.807) is 32.0 Å². The average Bonchev–Trinajstić information content (AvgIpc) is 2.32. The van der Waals surface area contributed by atoms with Gasteiger partial charge in [-0.2, -0.15) is 0 Å². The first-order valence-corrected chi connectivity index (χ1v) is 5.73. The molecule has 0 atom stereocenters. The van der Waals surface area contributed by atoms with E-state index in [0.29, 0.717) is 28.5 Å². The van der Waals surface area contributed by atoms with Crippen LogP contribution in [0.5, 0.6) is 11.6 Å². The van der Waals surface area contributed by atoms with E-state index in [0.717, 1.165) is 0 Å². The Balaban J connectivity index is 2.35. The van der Waals surface area contributed by atoms with Gasteiger partial charge in [0.2, 0.25) is 5.88 Å². The Labute approximate surface area is 110 Å². The molecule has 0 fully saturated rings. The first-order chi connectivity index (χ1) is 8.95. The zero-order chi connectivity index (χ0) is 14.0. The third-order valence-electron chi connectivity index (χ3n) is 2.59. The van der Waals surface area contributed by atoms with Gasteiger partial charge < -0.3 is 10.5 Å². The molecule has 4 nitrogen and oxygen atoms in total. The van der Waals surface area contributed by atoms with Gasteiger partial charge in [-0.1, -0.05) is 0 Å². The zero-order valence-corrected chi connectivity index (χ0v) is 10.7. The third kappa shape index (κ3) is 3.07. The Morgan fingerprint density at radius 1 is 1.26 bits per heavy atom. The molecule has 0 spiro atoms. The van der Waals surface area contributed by atoms with E-state index in [2.05, 4.69) is 4.98 Å². The number of nitrogens with zero attached hydrogens (tertiary/aromatic N) is 1. The number of hydrogen-bond acceptors (Lipinski definition) is 3. The SMILES string of the molecule is Cc1cc(C(=N)N)cc(Oc2ccc(F)cc2C)n1. The lowest BCUT2D eigenvalue weighted by molar-refractivity contribution is 0.456. The lowest BCUT2D eigenvalue weighted by atomic mass is 10.2. The van der Waals surface area contributed by atoms with E-state index >= 15 is 0 Å². The van der Waals surface area contributed by atoms with Crippen LogP contribution in [0.3, 0.4) is 0 Å². The van der Waals surface area contributed by atoms with Crippen molar-refractivity contribution in [3.8, 4) is 11.6 Å². The van der Waals surface area contributed by atoms with Gasteiger partial charge >= 0.3 is 0 Å². The van der Waals surface area contributed by atoms with Gasteiger partial charge in [0.15, 0.2) is 0 Å². The Hall–Kier alpha value is -2.43. The molecule has 1 heterocycles. The third-order valence-corrected chi connectivity index (χ3v) is 2.59. The topological polar surface area (TPSA) is 72.0 Å². The predicted octanol–water partition coefficient (Wildman–Crippen LogP) is 2.91. The van der Waals surface area contributed by atoms with E-state index < -0.39 is 0 Å². The molecule has 2 aromatic rings. The first kappa shape index (κ1) is 13.0. The van der Waals surface area contributed by atoms with Crippen molar-refractivity contribution >= 4 is 5.84 Å². The largest absolute Gasteiger partial charge is 0.439 e. The summed E-state index contributed by atoms with van der Waals surface area (Å²) in [6.45, 7) is 3.54. The summed E-state index contributed by atoms with van der Waals surface area (Å²) in [5, 5.41) is 7.42. The van der Waals surface area contributed by atoms with Crippen LogP contribution in [-0.2, 0) is 0 Å². The number of nitrogens with two attached hydrogens (primary N) is 1. The van der Waals surface area contributed by atoms with Crippen LogP contribution in [0, 0.1) is 25.1 Å². The van der Waals surface area contributed by atoms with Gasteiger partial charge in [0.25, 0.3) is 0 Å². The highest BCUT2D eigenvalue weighted by Gasteiger charge is 2.07. The number of hydrogen-bond donors (Lipinski definition) is 2. The highest BCUT2D eigenvalue weighted by molar-refractivity contribution is 5.95. The quantitative estimate of drug-likeness (QED) is 0.657. The summed E-state index contributed by atoms with van der Waals surface area (Å²) in [5.41, 5.74) is 7.36. The maximum Gasteiger partial charge on any atom is 0.220 e. The Bertz CT molecular complexity index is 641. The van der Waals surface area contributed by atoms with Crippen molar-refractivity contribution in [1.82, 2.24) is 4.98 Å². The maximum absolute atomic E-state index is 13.0. The predicted molar refractivity (Wildman–Crippen MR) is 71.2 cm³/mol. The summed E-state index contributed by atoms with van der Waals surface area (Å²) in [5.74, 6) is 0.492. The summed E-state index contributed by atoms with van der Waals surface area (Å²) in [6.07, 6.45) is 0. The number of benzene rings is 1. The first-order valence-electron chi connectivity index (χ1n) is 5.73. The van der Waals surface area contributed by atoms with Gasteiger partial charge in [0.05, 0.1) is 0 Å². The van der Waals surface area contributed by atoms with Crippen molar-refractivity contribution in [2.45, 2.75) is 13.8 Å². The fourth-order valence-corrected chi connectivity index (χ4v) is 1.69. The molecule has 0 amide bonds. The minimum Gasteiger partial charge on any atom is -0.439 e. The number of aromatic nitrogens is 1. The molecule has 19 heavy (non-hydrogen) atoms. The van der Waals surface area contributed by atoms with Crippen molar-refractivity contribution in [2.75, 3.05) is 0 Å². The number of nitrogen functional groups attached to an aromatic ring is 1. The maximum atomic E-state index is 13.0. The second-order valence-electron chi connectivity index (χ2n) is 4.26. The molecule has 1 aromatic heterocycles. The van der Waals surface area contributed by atoms with E-state index in [9.17, 15) is 4.39 Å². The van der Waals surface area contributed by atoms with Crippen LogP contribution < -0.4 is 10.5 Å². The molecular formula is C14H14FN3O. The Morgan fingerprint density at radius 2 is 2.00 bits per heavy atom. The lowest BCUT2D eigenvalue weighted by Crippen LogP contribution is -2.11. The Morgan fingerprint density at radius 3 is 2.63 bits per heavy atom. The molecule has 0 radical (unpaired) electrons. The average molecular weight is 259 g/mol. The minimum absolute atomic E-state index is 0.0498. The lowest BCUT2D eigenvalue weighted by Gasteiger charge is -2.09. The summed E-state index contributed by atoms with van der Waals surface area (Å²) < 4.78 is 18.6. The van der Waals surface area contributed by atoms with Gasteiger partial charge in [-0.3, -0.25) is 5.41 Å². The summed E-state index contributed by atoms with van der Waals surface area (Å²) in [6, 6.07) is 7.54. The van der Waals surface area contributed by atoms with Gasteiger partial charge in [0, 0.05) is 17.3 Å². The number of aryl methyl sites for hydroxylation is 2. The van der Waals surface area contributed by atoms with Gasteiger partial charge in [-0.15, -0.1) is 0 Å². The van der Waals surface area contributed by atoms with Crippen LogP contribution >= 0.6 is 0 Å². The van der Waals surface area contributed by atoms with Crippen molar-refractivity contribution in [2.24, 2.45) is 5.73 Å². The van der Waals surface area contributed by atoms with Crippen LogP contribution in [0.4, 0.5) is 4.39 Å². The normalized spacial score (nSPS) is 10.3. The molecule has 1 aromatic carbocycles. The van der Waals surface area contributed by atoms with Crippen molar-refractivity contribution in [3.05, 3.63) is 53.0 Å². The number of pyridine rings is 1. The van der Waals surface area contributed by atoms with Crippen LogP contribution in [0.2, 0.25) is 0 Å². The molecule has 0 saturated carbocycles. The molecule has 0 saturated heterocycles. The van der Waals surface area contributed by atoms with Crippen molar-refractivity contribution < 1.29 is 9.13 Å². The fourth-order valence-electron chi connectivity index (χ4n) is 1.69. The van der Waals surface area contributed by atoms with Gasteiger partial charge in [0.1, 0.15) is 17.4 Å². The molecule has 0 aliphatic rings. The van der Waals surface area contributed by atoms with Crippen molar-refractivity contribution in [1.29, 1.82) is 5.41 Å². The fraction of sp³-hybridized carbons (Fsp3) is 0.143. The van der Waals surface area contributed by atoms with Crippen LogP contribution in [-0.4, -0.2) is 10.8 Å². The standard InChI is InChI=1S/C14H14FN3O/c1-8-5-11(15)3-4-12(8)19-13-7-10(14(16)17)6-9(2)18-13/h3-7H,1-2H3,(H3,16,17). The van der Waals surface area contributed by atoms with Crippen LogP contribution in [0.15, 0.2) is 30.3 Å². The monoisotopic (exact) mass is 259 g/mol. The number of rotatable bonds is 3. The highest BCUT2D eigenvalue weighted by atomic mass is 19.1. The number of amidine groups is 1. The second kappa shape index (κ2) is 5.06. The zero-order valence-electron chi connectivity index (χ0n) is 10.7. The number of halogens is 1. The Kier molecular flexibility index (Phi) is 3.46. The molecule has 3 N–H and O–H groups in total. The second-order valence-corrected chi connectivity index (χ2v) is 4.26. The van der Waals surface area contributed by atoms with Crippen molar-refractivity contribution in [3.63, 3.8) is 0 Å². The van der Waals surface area contributed by atoms with E-state index in [1.807, 2.05) is 0 Å². The van der Waals surface area contributed by atoms with Gasteiger partial charge in [-0.05, 0) is 43.7 Å². The molecule has 0 aliphatic heterocycles. The van der Waals surface area contributed by atoms with Crippen LogP contribution in [0.1, 0.15) is 16.8 Å². The smallest absolute Gasteiger partial charge is 0.220 e. The van der Waals surface area contributed by atoms with E-state index in [-0.39, 0.29) is 11.7 Å². The van der Waals surface area contributed by atoms with E-state index in [1.165, 1.54) is 12.1 Å². The molecule has 0 unspecified atom stereocenters. The number of ether oxygens (including phenoxy) is 1. The molecular weight excluding hydrogens is 245 g/mol. The molecule has 0 aliphatic carbocycles. The summed E-state index contributed by atoms with van der Waals surface area (Å²) in [7, 11) is 0. The summed E-state index contributed by atoms with van der Waals surface area (Å²) >= 11 is 0. The highest BCUT2D eigenvalue weighted by Crippen LogP contribution is 2.25.